The molecule has 1 unspecified atom stereocenters. The number of halogens is 1. The van der Waals surface area contributed by atoms with Gasteiger partial charge in [0.25, 0.3) is 5.91 Å². The Morgan fingerprint density at radius 2 is 2.33 bits per heavy atom. The highest BCUT2D eigenvalue weighted by molar-refractivity contribution is 7.98. The van der Waals surface area contributed by atoms with Gasteiger partial charge in [-0.1, -0.05) is 11.6 Å². The molecule has 0 saturated carbocycles. The smallest absolute Gasteiger partial charge is 0.253 e. The topological polar surface area (TPSA) is 54.0 Å². The minimum Gasteiger partial charge on any atom is -0.369 e. The van der Waals surface area contributed by atoms with E-state index in [9.17, 15) is 4.79 Å². The number of aromatic nitrogens is 1. The Morgan fingerprint density at radius 3 is 2.89 bits per heavy atom. The fourth-order valence-corrected chi connectivity index (χ4v) is 2.27. The molecule has 100 valence electrons. The number of carbonyl (C=O) groups excluding carboxylic acids is 1. The standard InChI is InChI=1S/C12H18ClN3OS/c1-4-14-11-10(13)5-9(6-15-11)12(17)16-8(2)7-18-3/h5-6,8H,4,7H2,1-3H3,(H,14,15)(H,16,17). The van der Waals surface area contributed by atoms with Gasteiger partial charge in [0.1, 0.15) is 5.82 Å². The van der Waals surface area contributed by atoms with Crippen LogP contribution in [-0.4, -0.2) is 35.5 Å². The summed E-state index contributed by atoms with van der Waals surface area (Å²) in [5, 5.41) is 6.38. The van der Waals surface area contributed by atoms with Crippen molar-refractivity contribution in [1.82, 2.24) is 10.3 Å². The SMILES string of the molecule is CCNc1ncc(C(=O)NC(C)CSC)cc1Cl. The molecule has 0 fully saturated rings. The summed E-state index contributed by atoms with van der Waals surface area (Å²) in [5.74, 6) is 1.34. The Hall–Kier alpha value is -0.940. The van der Waals surface area contributed by atoms with Crippen LogP contribution in [0.1, 0.15) is 24.2 Å². The van der Waals surface area contributed by atoms with Gasteiger partial charge in [0.2, 0.25) is 0 Å². The van der Waals surface area contributed by atoms with Crippen molar-refractivity contribution < 1.29 is 4.79 Å². The van der Waals surface area contributed by atoms with Crippen molar-refractivity contribution in [3.63, 3.8) is 0 Å². The van der Waals surface area contributed by atoms with Crippen LogP contribution < -0.4 is 10.6 Å². The molecule has 1 rings (SSSR count). The maximum atomic E-state index is 11.9. The van der Waals surface area contributed by atoms with Crippen LogP contribution in [0.3, 0.4) is 0 Å². The van der Waals surface area contributed by atoms with Crippen LogP contribution in [0.15, 0.2) is 12.3 Å². The number of hydrogen-bond donors (Lipinski definition) is 2. The van der Waals surface area contributed by atoms with Crippen molar-refractivity contribution in [3.8, 4) is 0 Å². The van der Waals surface area contributed by atoms with Crippen LogP contribution in [-0.2, 0) is 0 Å². The number of carbonyl (C=O) groups is 1. The molecular formula is C12H18ClN3OS. The molecule has 18 heavy (non-hydrogen) atoms. The number of rotatable bonds is 6. The van der Waals surface area contributed by atoms with Crippen LogP contribution in [0.2, 0.25) is 5.02 Å². The predicted octanol–water partition coefficient (Wildman–Crippen LogP) is 2.65. The first-order chi connectivity index (χ1) is 8.58. The highest BCUT2D eigenvalue weighted by Gasteiger charge is 2.12. The molecule has 1 aromatic heterocycles. The van der Waals surface area contributed by atoms with E-state index in [2.05, 4.69) is 15.6 Å². The lowest BCUT2D eigenvalue weighted by Crippen LogP contribution is -2.34. The number of nitrogens with one attached hydrogen (secondary N) is 2. The van der Waals surface area contributed by atoms with Gasteiger partial charge in [0.15, 0.2) is 0 Å². The molecule has 0 aromatic carbocycles. The first-order valence-corrected chi connectivity index (χ1v) is 7.54. The molecular weight excluding hydrogens is 270 g/mol. The molecule has 0 aliphatic heterocycles. The highest BCUT2D eigenvalue weighted by Crippen LogP contribution is 2.19. The summed E-state index contributed by atoms with van der Waals surface area (Å²) in [4.78, 5) is 16.0. The lowest BCUT2D eigenvalue weighted by molar-refractivity contribution is 0.0943. The number of hydrogen-bond acceptors (Lipinski definition) is 4. The van der Waals surface area contributed by atoms with Crippen LogP contribution >= 0.6 is 23.4 Å². The van der Waals surface area contributed by atoms with Gasteiger partial charge in [-0.05, 0) is 26.2 Å². The molecule has 1 atom stereocenters. The Morgan fingerprint density at radius 1 is 1.61 bits per heavy atom. The van der Waals surface area contributed by atoms with E-state index in [1.807, 2.05) is 20.1 Å². The molecule has 4 nitrogen and oxygen atoms in total. The summed E-state index contributed by atoms with van der Waals surface area (Å²) < 4.78 is 0. The number of amides is 1. The fraction of sp³-hybridized carbons (Fsp3) is 0.500. The van der Waals surface area contributed by atoms with Gasteiger partial charge in [-0.25, -0.2) is 4.98 Å². The quantitative estimate of drug-likeness (QED) is 0.845. The zero-order valence-corrected chi connectivity index (χ0v) is 12.4. The molecule has 0 bridgehead atoms. The van der Waals surface area contributed by atoms with Gasteiger partial charge in [-0.15, -0.1) is 0 Å². The van der Waals surface area contributed by atoms with Crippen molar-refractivity contribution in [2.75, 3.05) is 23.9 Å². The van der Waals surface area contributed by atoms with E-state index < -0.39 is 0 Å². The van der Waals surface area contributed by atoms with Crippen molar-refractivity contribution in [2.24, 2.45) is 0 Å². The van der Waals surface area contributed by atoms with Crippen LogP contribution in [0.4, 0.5) is 5.82 Å². The van der Waals surface area contributed by atoms with E-state index >= 15 is 0 Å². The summed E-state index contributed by atoms with van der Waals surface area (Å²) >= 11 is 7.73. The van der Waals surface area contributed by atoms with Gasteiger partial charge in [0, 0.05) is 24.5 Å². The normalized spacial score (nSPS) is 12.0. The fourth-order valence-electron chi connectivity index (χ4n) is 1.46. The van der Waals surface area contributed by atoms with E-state index in [4.69, 9.17) is 11.6 Å². The third-order valence-corrected chi connectivity index (χ3v) is 3.36. The molecule has 0 radical (unpaired) electrons. The average Bonchev–Trinajstić information content (AvgIpc) is 2.32. The lowest BCUT2D eigenvalue weighted by Gasteiger charge is -2.13. The van der Waals surface area contributed by atoms with Crippen LogP contribution in [0.5, 0.6) is 0 Å². The van der Waals surface area contributed by atoms with Crippen molar-refractivity contribution in [1.29, 1.82) is 0 Å². The van der Waals surface area contributed by atoms with Crippen molar-refractivity contribution >= 4 is 35.1 Å². The van der Waals surface area contributed by atoms with Crippen LogP contribution in [0, 0.1) is 0 Å². The molecule has 0 saturated heterocycles. The van der Waals surface area contributed by atoms with Gasteiger partial charge in [-0.2, -0.15) is 11.8 Å². The largest absolute Gasteiger partial charge is 0.369 e. The predicted molar refractivity (Wildman–Crippen MR) is 78.7 cm³/mol. The minimum absolute atomic E-state index is 0.125. The first-order valence-electron chi connectivity index (χ1n) is 5.77. The summed E-state index contributed by atoms with van der Waals surface area (Å²) in [6.45, 7) is 4.67. The summed E-state index contributed by atoms with van der Waals surface area (Å²) in [6.07, 6.45) is 3.54. The van der Waals surface area contributed by atoms with E-state index in [0.29, 0.717) is 16.4 Å². The van der Waals surface area contributed by atoms with Crippen molar-refractivity contribution in [2.45, 2.75) is 19.9 Å². The Balaban J connectivity index is 2.72. The Bertz CT molecular complexity index is 414. The number of thioether (sulfide) groups is 1. The van der Waals surface area contributed by atoms with Crippen LogP contribution in [0.25, 0.3) is 0 Å². The second kappa shape index (κ2) is 7.48. The highest BCUT2D eigenvalue weighted by atomic mass is 35.5. The van der Waals surface area contributed by atoms with E-state index in [1.165, 1.54) is 6.20 Å². The third-order valence-electron chi connectivity index (χ3n) is 2.24. The van der Waals surface area contributed by atoms with E-state index in [1.54, 1.807) is 17.8 Å². The summed E-state index contributed by atoms with van der Waals surface area (Å²) in [6, 6.07) is 1.76. The molecule has 1 aromatic rings. The Kier molecular flexibility index (Phi) is 6.29. The summed E-state index contributed by atoms with van der Waals surface area (Å²) in [5.41, 5.74) is 0.481. The molecule has 0 aliphatic carbocycles. The minimum atomic E-state index is -0.144. The van der Waals surface area contributed by atoms with Crippen molar-refractivity contribution in [3.05, 3.63) is 22.8 Å². The number of anilines is 1. The molecule has 0 spiro atoms. The number of nitrogens with zero attached hydrogens (tertiary/aromatic N) is 1. The third kappa shape index (κ3) is 4.38. The van der Waals surface area contributed by atoms with Gasteiger partial charge < -0.3 is 10.6 Å². The number of pyridine rings is 1. The molecule has 1 heterocycles. The average molecular weight is 288 g/mol. The van der Waals surface area contributed by atoms with Gasteiger partial charge in [-0.3, -0.25) is 4.79 Å². The molecule has 6 heteroatoms. The lowest BCUT2D eigenvalue weighted by atomic mass is 10.2. The monoisotopic (exact) mass is 287 g/mol. The first kappa shape index (κ1) is 15.1. The second-order valence-corrected chi connectivity index (χ2v) is 5.23. The van der Waals surface area contributed by atoms with Gasteiger partial charge in [0.05, 0.1) is 10.6 Å². The van der Waals surface area contributed by atoms with E-state index in [0.717, 1.165) is 12.3 Å². The zero-order valence-electron chi connectivity index (χ0n) is 10.8. The maximum absolute atomic E-state index is 11.9. The second-order valence-electron chi connectivity index (χ2n) is 3.91. The zero-order chi connectivity index (χ0) is 13.5. The Labute approximate surface area is 117 Å². The summed E-state index contributed by atoms with van der Waals surface area (Å²) in [7, 11) is 0. The molecule has 0 aliphatic rings. The molecule has 1 amide bonds. The van der Waals surface area contributed by atoms with E-state index in [-0.39, 0.29) is 11.9 Å². The maximum Gasteiger partial charge on any atom is 0.253 e. The molecule has 2 N–H and O–H groups in total. The van der Waals surface area contributed by atoms with Gasteiger partial charge >= 0.3 is 0 Å².